The van der Waals surface area contributed by atoms with Crippen LogP contribution in [0.5, 0.6) is 0 Å². The molecule has 0 aromatic carbocycles. The van der Waals surface area contributed by atoms with Crippen molar-refractivity contribution < 1.29 is 0 Å². The van der Waals surface area contributed by atoms with E-state index >= 15 is 0 Å². The molecule has 6 heteroatoms. The maximum absolute atomic E-state index is 5.00. The average molecular weight is 352 g/mol. The number of likely N-dealkylation sites (tertiary alicyclic amines) is 1. The Morgan fingerprint density at radius 3 is 2.65 bits per heavy atom. The number of hydrogen-bond donors (Lipinski definition) is 1. The van der Waals surface area contributed by atoms with Gasteiger partial charge in [0, 0.05) is 17.7 Å². The lowest BCUT2D eigenvalue weighted by molar-refractivity contribution is 0.230. The fourth-order valence-corrected chi connectivity index (χ4v) is 4.94. The number of aromatic nitrogens is 5. The summed E-state index contributed by atoms with van der Waals surface area (Å²) in [6, 6.07) is 1.10. The molecule has 3 heterocycles. The van der Waals surface area contributed by atoms with Gasteiger partial charge in [0.15, 0.2) is 0 Å². The molecule has 2 aromatic heterocycles. The largest absolute Gasteiger partial charge is 0.344 e. The first-order valence-corrected chi connectivity index (χ1v) is 10.6. The Morgan fingerprint density at radius 1 is 0.962 bits per heavy atom. The Bertz CT molecular complexity index is 789. The highest BCUT2D eigenvalue weighted by atomic mass is 15.3. The summed E-state index contributed by atoms with van der Waals surface area (Å²) >= 11 is 0. The van der Waals surface area contributed by atoms with Gasteiger partial charge in [-0.15, -0.1) is 10.2 Å². The third kappa shape index (κ3) is 2.61. The van der Waals surface area contributed by atoms with E-state index in [1.54, 1.807) is 0 Å². The number of hydrogen-bond acceptors (Lipinski definition) is 4. The molecule has 1 aliphatic heterocycles. The van der Waals surface area contributed by atoms with Crippen molar-refractivity contribution in [3.8, 4) is 0 Å². The van der Waals surface area contributed by atoms with Gasteiger partial charge in [-0.2, -0.15) is 0 Å². The van der Waals surface area contributed by atoms with Gasteiger partial charge in [-0.1, -0.05) is 0 Å². The molecule has 1 N–H and O–H groups in total. The van der Waals surface area contributed by atoms with Crippen LogP contribution in [0.15, 0.2) is 0 Å². The van der Waals surface area contributed by atoms with Crippen molar-refractivity contribution in [2.24, 2.45) is 0 Å². The van der Waals surface area contributed by atoms with Crippen LogP contribution in [-0.4, -0.2) is 36.2 Å². The molecule has 3 fully saturated rings. The van der Waals surface area contributed by atoms with E-state index in [4.69, 9.17) is 4.98 Å². The monoisotopic (exact) mass is 352 g/mol. The lowest BCUT2D eigenvalue weighted by Crippen LogP contribution is -2.25. The first-order valence-electron chi connectivity index (χ1n) is 10.6. The molecule has 2 saturated carbocycles. The highest BCUT2D eigenvalue weighted by Crippen LogP contribution is 2.45. The van der Waals surface area contributed by atoms with Gasteiger partial charge >= 0.3 is 0 Å². The summed E-state index contributed by atoms with van der Waals surface area (Å²) in [5, 5.41) is 9.23. The molecule has 3 aliphatic carbocycles. The van der Waals surface area contributed by atoms with Gasteiger partial charge in [0.2, 0.25) is 0 Å². The zero-order chi connectivity index (χ0) is 17.1. The molecule has 6 nitrogen and oxygen atoms in total. The summed E-state index contributed by atoms with van der Waals surface area (Å²) < 4.78 is 2.50. The smallest absolute Gasteiger partial charge is 0.147 e. The van der Waals surface area contributed by atoms with Gasteiger partial charge in [-0.05, 0) is 70.8 Å². The first-order chi connectivity index (χ1) is 12.9. The Hall–Kier alpha value is -1.69. The van der Waals surface area contributed by atoms with E-state index in [2.05, 4.69) is 24.6 Å². The van der Waals surface area contributed by atoms with Gasteiger partial charge in [0.1, 0.15) is 17.5 Å². The predicted octanol–water partition coefficient (Wildman–Crippen LogP) is 3.43. The molecule has 1 atom stereocenters. The summed E-state index contributed by atoms with van der Waals surface area (Å²) in [6.07, 6.45) is 12.6. The molecule has 26 heavy (non-hydrogen) atoms. The number of H-pyrrole nitrogens is 1. The Balaban J connectivity index is 1.26. The molecule has 4 aliphatic rings. The third-order valence-corrected chi connectivity index (χ3v) is 6.64. The zero-order valence-corrected chi connectivity index (χ0v) is 15.5. The van der Waals surface area contributed by atoms with Crippen LogP contribution in [0.25, 0.3) is 0 Å². The van der Waals surface area contributed by atoms with E-state index in [0.29, 0.717) is 18.0 Å². The molecule has 0 unspecified atom stereocenters. The average Bonchev–Trinajstić information content (AvgIpc) is 3.55. The fourth-order valence-electron chi connectivity index (χ4n) is 4.94. The number of nitrogens with zero attached hydrogens (tertiary/aromatic N) is 5. The van der Waals surface area contributed by atoms with Gasteiger partial charge < -0.3 is 9.55 Å². The molecule has 6 rings (SSSR count). The topological polar surface area (TPSA) is 62.6 Å². The van der Waals surface area contributed by atoms with Crippen molar-refractivity contribution in [3.63, 3.8) is 0 Å². The fraction of sp³-hybridized carbons (Fsp3) is 0.750. The highest BCUT2D eigenvalue weighted by Gasteiger charge is 2.38. The van der Waals surface area contributed by atoms with Crippen LogP contribution >= 0.6 is 0 Å². The summed E-state index contributed by atoms with van der Waals surface area (Å²) in [5.41, 5.74) is 2.73. The number of aryl methyl sites for hydroxylation is 2. The van der Waals surface area contributed by atoms with Crippen molar-refractivity contribution in [3.05, 3.63) is 28.9 Å². The van der Waals surface area contributed by atoms with E-state index < -0.39 is 0 Å². The molecule has 138 valence electrons. The van der Waals surface area contributed by atoms with Crippen molar-refractivity contribution >= 4 is 0 Å². The van der Waals surface area contributed by atoms with Crippen LogP contribution < -0.4 is 0 Å². The SMILES string of the molecule is C1CCc2[nH]c([C@H]3CCCN3Cc3nnc(C4CC4)n3C3CC3)nc2C1. The van der Waals surface area contributed by atoms with E-state index in [9.17, 15) is 0 Å². The second-order valence-electron chi connectivity index (χ2n) is 8.73. The van der Waals surface area contributed by atoms with Crippen molar-refractivity contribution in [2.75, 3.05) is 6.54 Å². The van der Waals surface area contributed by atoms with Gasteiger partial charge in [0.05, 0.1) is 18.3 Å². The zero-order valence-electron chi connectivity index (χ0n) is 15.5. The molecule has 0 amide bonds. The van der Waals surface area contributed by atoms with Crippen LogP contribution in [-0.2, 0) is 19.4 Å². The number of nitrogens with one attached hydrogen (secondary N) is 1. The van der Waals surface area contributed by atoms with E-state index in [0.717, 1.165) is 19.5 Å². The highest BCUT2D eigenvalue weighted by molar-refractivity contribution is 5.20. The lowest BCUT2D eigenvalue weighted by Gasteiger charge is -2.23. The van der Waals surface area contributed by atoms with Gasteiger partial charge in [-0.25, -0.2) is 4.98 Å². The second-order valence-corrected chi connectivity index (χ2v) is 8.73. The lowest BCUT2D eigenvalue weighted by atomic mass is 10.0. The van der Waals surface area contributed by atoms with Crippen LogP contribution in [0.1, 0.15) is 98.2 Å². The molecule has 2 aromatic rings. The van der Waals surface area contributed by atoms with Crippen molar-refractivity contribution in [2.45, 2.75) is 88.8 Å². The Kier molecular flexibility index (Phi) is 3.49. The minimum absolute atomic E-state index is 0.425. The van der Waals surface area contributed by atoms with E-state index in [1.165, 1.54) is 86.6 Å². The minimum atomic E-state index is 0.425. The summed E-state index contributed by atoms with van der Waals surface area (Å²) in [5.74, 6) is 4.35. The third-order valence-electron chi connectivity index (χ3n) is 6.64. The minimum Gasteiger partial charge on any atom is -0.344 e. The molecule has 0 spiro atoms. The van der Waals surface area contributed by atoms with Gasteiger partial charge in [0.25, 0.3) is 0 Å². The summed E-state index contributed by atoms with van der Waals surface area (Å²) in [6.45, 7) is 2.07. The molecular weight excluding hydrogens is 324 g/mol. The maximum Gasteiger partial charge on any atom is 0.147 e. The van der Waals surface area contributed by atoms with Crippen molar-refractivity contribution in [1.82, 2.24) is 29.6 Å². The van der Waals surface area contributed by atoms with Crippen LogP contribution in [0.2, 0.25) is 0 Å². The Morgan fingerprint density at radius 2 is 1.85 bits per heavy atom. The van der Waals surface area contributed by atoms with Crippen LogP contribution in [0, 0.1) is 0 Å². The summed E-state index contributed by atoms with van der Waals surface area (Å²) in [4.78, 5) is 11.3. The second kappa shape index (κ2) is 5.91. The normalized spacial score (nSPS) is 26.4. The molecule has 0 radical (unpaired) electrons. The molecular formula is C20H28N6. The number of rotatable bonds is 5. The molecule has 0 bridgehead atoms. The number of imidazole rings is 1. The Labute approximate surface area is 154 Å². The standard InChI is InChI=1S/C20H28N6/c1-2-5-16-15(4-1)21-19(22-16)17-6-3-11-25(17)12-18-23-24-20(13-7-8-13)26(18)14-9-10-14/h13-14,17H,1-12H2,(H,21,22)/t17-/m1/s1. The molecule has 1 saturated heterocycles. The van der Waals surface area contributed by atoms with Crippen molar-refractivity contribution in [1.29, 1.82) is 0 Å². The first kappa shape index (κ1) is 15.4. The maximum atomic E-state index is 5.00. The quantitative estimate of drug-likeness (QED) is 0.895. The van der Waals surface area contributed by atoms with Crippen LogP contribution in [0.3, 0.4) is 0 Å². The van der Waals surface area contributed by atoms with Gasteiger partial charge in [-0.3, -0.25) is 4.90 Å². The number of fused-ring (bicyclic) bond motifs is 1. The van der Waals surface area contributed by atoms with Crippen LogP contribution in [0.4, 0.5) is 0 Å². The predicted molar refractivity (Wildman–Crippen MR) is 97.9 cm³/mol. The number of aromatic amines is 1. The van der Waals surface area contributed by atoms with E-state index in [-0.39, 0.29) is 0 Å². The van der Waals surface area contributed by atoms with E-state index in [1.807, 2.05) is 0 Å². The summed E-state index contributed by atoms with van der Waals surface area (Å²) in [7, 11) is 0.